The standard InChI is InChI=1S/C21H23N7O3/c1-11(2)26-17-14-6-12(13-7-24-25-8-13)4-5-16(14)22-9-15(17)18(29)23-10-21(3)19(30)27-20(31)28-21/h4-9,11H,10H2,1-3H3,(H,22,26)(H,23,29)(H,24,25)(H2,27,28,30,31). The molecule has 2 aromatic heterocycles. The Morgan fingerprint density at radius 1 is 1.19 bits per heavy atom. The summed E-state index contributed by atoms with van der Waals surface area (Å²) in [5, 5.41) is 18.4. The van der Waals surface area contributed by atoms with Gasteiger partial charge in [-0.05, 0) is 38.5 Å². The summed E-state index contributed by atoms with van der Waals surface area (Å²) in [6.07, 6.45) is 5.03. The predicted octanol–water partition coefficient (Wildman–Crippen LogP) is 1.77. The van der Waals surface area contributed by atoms with Gasteiger partial charge in [0.1, 0.15) is 5.54 Å². The lowest BCUT2D eigenvalue weighted by Crippen LogP contribution is -2.52. The highest BCUT2D eigenvalue weighted by Crippen LogP contribution is 2.31. The molecule has 31 heavy (non-hydrogen) atoms. The maximum atomic E-state index is 13.0. The molecule has 4 rings (SSSR count). The number of aromatic amines is 1. The fourth-order valence-electron chi connectivity index (χ4n) is 3.45. The van der Waals surface area contributed by atoms with Crippen LogP contribution in [0.1, 0.15) is 31.1 Å². The van der Waals surface area contributed by atoms with Crippen LogP contribution in [0.4, 0.5) is 10.5 Å². The molecule has 1 saturated heterocycles. The van der Waals surface area contributed by atoms with E-state index in [0.717, 1.165) is 22.0 Å². The summed E-state index contributed by atoms with van der Waals surface area (Å²) in [6, 6.07) is 5.28. The van der Waals surface area contributed by atoms with Gasteiger partial charge in [-0.3, -0.25) is 25.0 Å². The number of hydrogen-bond acceptors (Lipinski definition) is 6. The normalized spacial score (nSPS) is 18.2. The monoisotopic (exact) mass is 421 g/mol. The summed E-state index contributed by atoms with van der Waals surface area (Å²) in [5.41, 5.74) is 2.37. The van der Waals surface area contributed by atoms with Crippen LogP contribution < -0.4 is 21.3 Å². The maximum Gasteiger partial charge on any atom is 0.322 e. The number of imide groups is 1. The Morgan fingerprint density at radius 3 is 2.65 bits per heavy atom. The van der Waals surface area contributed by atoms with Crippen LogP contribution in [-0.2, 0) is 4.79 Å². The average molecular weight is 421 g/mol. The smallest absolute Gasteiger partial charge is 0.322 e. The number of benzene rings is 1. The fourth-order valence-corrected chi connectivity index (χ4v) is 3.45. The van der Waals surface area contributed by atoms with Crippen molar-refractivity contribution in [3.8, 4) is 11.1 Å². The number of amides is 4. The second kappa shape index (κ2) is 7.71. The molecule has 0 aliphatic carbocycles. The third-order valence-corrected chi connectivity index (χ3v) is 5.10. The van der Waals surface area contributed by atoms with Gasteiger partial charge in [-0.15, -0.1) is 0 Å². The van der Waals surface area contributed by atoms with Crippen LogP contribution in [-0.4, -0.2) is 51.2 Å². The molecule has 1 unspecified atom stereocenters. The first kappa shape index (κ1) is 20.3. The van der Waals surface area contributed by atoms with Gasteiger partial charge in [0.15, 0.2) is 0 Å². The van der Waals surface area contributed by atoms with Crippen molar-refractivity contribution in [1.29, 1.82) is 0 Å². The summed E-state index contributed by atoms with van der Waals surface area (Å²) in [6.45, 7) is 5.45. The zero-order valence-electron chi connectivity index (χ0n) is 17.4. The molecule has 4 amide bonds. The first-order valence-electron chi connectivity index (χ1n) is 9.87. The second-order valence-corrected chi connectivity index (χ2v) is 7.99. The van der Waals surface area contributed by atoms with Gasteiger partial charge < -0.3 is 16.0 Å². The molecule has 1 aromatic carbocycles. The molecular weight excluding hydrogens is 398 g/mol. The van der Waals surface area contributed by atoms with Gasteiger partial charge in [0.2, 0.25) is 0 Å². The number of urea groups is 1. The minimum absolute atomic E-state index is 0.0579. The van der Waals surface area contributed by atoms with Gasteiger partial charge in [-0.2, -0.15) is 5.10 Å². The first-order valence-corrected chi connectivity index (χ1v) is 9.87. The molecule has 160 valence electrons. The Bertz CT molecular complexity index is 1170. The van der Waals surface area contributed by atoms with E-state index in [1.807, 2.05) is 32.0 Å². The number of anilines is 1. The Hall–Kier alpha value is -3.95. The van der Waals surface area contributed by atoms with Crippen LogP contribution in [0.15, 0.2) is 36.8 Å². The molecule has 3 aromatic rings. The van der Waals surface area contributed by atoms with E-state index in [4.69, 9.17) is 0 Å². The highest BCUT2D eigenvalue weighted by molar-refractivity contribution is 6.09. The summed E-state index contributed by atoms with van der Waals surface area (Å²) < 4.78 is 0. The first-order chi connectivity index (χ1) is 14.8. The van der Waals surface area contributed by atoms with Gasteiger partial charge in [0.25, 0.3) is 11.8 Å². The summed E-state index contributed by atoms with van der Waals surface area (Å²) >= 11 is 0. The molecule has 0 saturated carbocycles. The Labute approximate surface area is 178 Å². The van der Waals surface area contributed by atoms with Gasteiger partial charge >= 0.3 is 6.03 Å². The maximum absolute atomic E-state index is 13.0. The molecule has 3 heterocycles. The van der Waals surface area contributed by atoms with Crippen molar-refractivity contribution < 1.29 is 14.4 Å². The summed E-state index contributed by atoms with van der Waals surface area (Å²) in [7, 11) is 0. The van der Waals surface area contributed by atoms with E-state index in [0.29, 0.717) is 11.3 Å². The number of pyridine rings is 1. The molecule has 10 nitrogen and oxygen atoms in total. The Morgan fingerprint density at radius 2 is 2.00 bits per heavy atom. The Balaban J connectivity index is 1.69. The number of nitrogens with zero attached hydrogens (tertiary/aromatic N) is 2. The van der Waals surface area contributed by atoms with E-state index in [1.165, 1.54) is 6.20 Å². The number of hydrogen-bond donors (Lipinski definition) is 5. The minimum atomic E-state index is -1.21. The molecule has 0 radical (unpaired) electrons. The number of rotatable bonds is 6. The zero-order chi connectivity index (χ0) is 22.2. The molecule has 0 bridgehead atoms. The molecular formula is C21H23N7O3. The van der Waals surface area contributed by atoms with Crippen molar-refractivity contribution in [2.75, 3.05) is 11.9 Å². The molecule has 1 fully saturated rings. The van der Waals surface area contributed by atoms with E-state index in [1.54, 1.807) is 19.3 Å². The van der Waals surface area contributed by atoms with Crippen LogP contribution >= 0.6 is 0 Å². The van der Waals surface area contributed by atoms with Crippen molar-refractivity contribution in [3.05, 3.63) is 42.4 Å². The van der Waals surface area contributed by atoms with Gasteiger partial charge in [0, 0.05) is 35.9 Å². The third kappa shape index (κ3) is 3.91. The zero-order valence-corrected chi connectivity index (χ0v) is 17.4. The second-order valence-electron chi connectivity index (χ2n) is 7.99. The van der Waals surface area contributed by atoms with Gasteiger partial charge in [-0.25, -0.2) is 4.79 Å². The predicted molar refractivity (Wildman–Crippen MR) is 115 cm³/mol. The number of carbonyl (C=O) groups excluding carboxylic acids is 3. The number of fused-ring (bicyclic) bond motifs is 1. The van der Waals surface area contributed by atoms with Crippen molar-refractivity contribution in [2.45, 2.75) is 32.4 Å². The highest BCUT2D eigenvalue weighted by Gasteiger charge is 2.42. The van der Waals surface area contributed by atoms with Crippen LogP contribution in [0.3, 0.4) is 0 Å². The largest absolute Gasteiger partial charge is 0.382 e. The van der Waals surface area contributed by atoms with Crippen molar-refractivity contribution in [1.82, 2.24) is 31.1 Å². The van der Waals surface area contributed by atoms with Crippen LogP contribution in [0.5, 0.6) is 0 Å². The molecule has 10 heteroatoms. The third-order valence-electron chi connectivity index (χ3n) is 5.10. The van der Waals surface area contributed by atoms with E-state index < -0.39 is 23.4 Å². The van der Waals surface area contributed by atoms with Crippen molar-refractivity contribution in [2.24, 2.45) is 0 Å². The van der Waals surface area contributed by atoms with E-state index in [-0.39, 0.29) is 12.6 Å². The fraction of sp³-hybridized carbons (Fsp3) is 0.286. The Kier molecular flexibility index (Phi) is 5.05. The number of carbonyl (C=O) groups is 3. The van der Waals surface area contributed by atoms with E-state index >= 15 is 0 Å². The van der Waals surface area contributed by atoms with Crippen LogP contribution in [0.2, 0.25) is 0 Å². The van der Waals surface area contributed by atoms with Crippen LogP contribution in [0, 0.1) is 0 Å². The number of nitrogens with one attached hydrogen (secondary N) is 5. The quantitative estimate of drug-likeness (QED) is 0.384. The molecule has 1 aliphatic rings. The summed E-state index contributed by atoms with van der Waals surface area (Å²) in [4.78, 5) is 41.0. The lowest BCUT2D eigenvalue weighted by molar-refractivity contribution is -0.123. The lowest BCUT2D eigenvalue weighted by atomic mass is 10.0. The molecule has 1 atom stereocenters. The number of aromatic nitrogens is 3. The van der Waals surface area contributed by atoms with Crippen molar-refractivity contribution in [3.63, 3.8) is 0 Å². The SMILES string of the molecule is CC(C)Nc1c(C(=O)NCC2(C)NC(=O)NC2=O)cnc2ccc(-c3cn[nH]c3)cc12. The highest BCUT2D eigenvalue weighted by atomic mass is 16.2. The molecule has 0 spiro atoms. The van der Waals surface area contributed by atoms with Crippen LogP contribution in [0.25, 0.3) is 22.0 Å². The molecule has 1 aliphatic heterocycles. The number of H-pyrrole nitrogens is 1. The average Bonchev–Trinajstić information content (AvgIpc) is 3.34. The van der Waals surface area contributed by atoms with E-state index in [2.05, 4.69) is 36.4 Å². The van der Waals surface area contributed by atoms with E-state index in [9.17, 15) is 14.4 Å². The minimum Gasteiger partial charge on any atom is -0.382 e. The molecule has 5 N–H and O–H groups in total. The topological polar surface area (TPSA) is 141 Å². The lowest BCUT2D eigenvalue weighted by Gasteiger charge is -2.22. The summed E-state index contributed by atoms with van der Waals surface area (Å²) in [5.74, 6) is -0.888. The van der Waals surface area contributed by atoms with Crippen molar-refractivity contribution >= 4 is 34.4 Å². The van der Waals surface area contributed by atoms with Gasteiger partial charge in [0.05, 0.1) is 23.0 Å². The van der Waals surface area contributed by atoms with Gasteiger partial charge in [-0.1, -0.05) is 6.07 Å².